The van der Waals surface area contributed by atoms with E-state index in [0.29, 0.717) is 17.2 Å². The Morgan fingerprint density at radius 2 is 1.89 bits per heavy atom. The maximum absolute atomic E-state index is 12.0. The number of nitrogens with two attached hydrogens (primary N) is 1. The average molecular weight is 255 g/mol. The van der Waals surface area contributed by atoms with E-state index in [1.807, 2.05) is 24.3 Å². The number of nitrogen functional groups attached to an aromatic ring is 1. The van der Waals surface area contributed by atoms with Gasteiger partial charge in [-0.25, -0.2) is 0 Å². The van der Waals surface area contributed by atoms with Crippen LogP contribution in [0.5, 0.6) is 0 Å². The summed E-state index contributed by atoms with van der Waals surface area (Å²) in [6.45, 7) is 4.26. The molecule has 0 radical (unpaired) electrons. The Morgan fingerprint density at radius 3 is 2.47 bits per heavy atom. The molecule has 4 nitrogen and oxygen atoms in total. The highest BCUT2D eigenvalue weighted by Gasteiger charge is 2.09. The van der Waals surface area contributed by atoms with Gasteiger partial charge in [0.05, 0.1) is 5.56 Å². The van der Waals surface area contributed by atoms with E-state index < -0.39 is 0 Å². The lowest BCUT2D eigenvalue weighted by atomic mass is 10.0. The first kappa shape index (κ1) is 13.1. The summed E-state index contributed by atoms with van der Waals surface area (Å²) in [6, 6.07) is 9.40. The molecule has 0 bridgehead atoms. The van der Waals surface area contributed by atoms with Crippen molar-refractivity contribution in [1.29, 1.82) is 0 Å². The van der Waals surface area contributed by atoms with Crippen LogP contribution in [0.15, 0.2) is 42.7 Å². The third-order valence-corrected chi connectivity index (χ3v) is 2.93. The zero-order valence-electron chi connectivity index (χ0n) is 11.1. The predicted molar refractivity (Wildman–Crippen MR) is 77.1 cm³/mol. The van der Waals surface area contributed by atoms with Crippen molar-refractivity contribution in [2.45, 2.75) is 19.8 Å². The molecule has 0 saturated carbocycles. The van der Waals surface area contributed by atoms with Crippen molar-refractivity contribution < 1.29 is 4.79 Å². The van der Waals surface area contributed by atoms with E-state index in [1.165, 1.54) is 11.8 Å². The lowest BCUT2D eigenvalue weighted by Crippen LogP contribution is -2.14. The fourth-order valence-corrected chi connectivity index (χ4v) is 1.74. The summed E-state index contributed by atoms with van der Waals surface area (Å²) < 4.78 is 0. The molecule has 0 aliphatic heterocycles. The smallest absolute Gasteiger partial charge is 0.259 e. The summed E-state index contributed by atoms with van der Waals surface area (Å²) in [4.78, 5) is 15.9. The zero-order valence-corrected chi connectivity index (χ0v) is 11.1. The lowest BCUT2D eigenvalue weighted by molar-refractivity contribution is 0.102. The Hall–Kier alpha value is -2.36. The van der Waals surface area contributed by atoms with Gasteiger partial charge in [-0.05, 0) is 29.7 Å². The first-order valence-electron chi connectivity index (χ1n) is 6.18. The predicted octanol–water partition coefficient (Wildman–Crippen LogP) is 3.04. The summed E-state index contributed by atoms with van der Waals surface area (Å²) in [7, 11) is 0. The molecule has 1 heterocycles. The SMILES string of the molecule is CC(C)c1ccc(NC(=O)c2cnccc2N)cc1. The quantitative estimate of drug-likeness (QED) is 0.885. The van der Waals surface area contributed by atoms with Crippen LogP contribution in [-0.2, 0) is 0 Å². The molecular formula is C15H17N3O. The fraction of sp³-hybridized carbons (Fsp3) is 0.200. The Balaban J connectivity index is 2.13. The van der Waals surface area contributed by atoms with Crippen molar-refractivity contribution in [3.8, 4) is 0 Å². The summed E-state index contributed by atoms with van der Waals surface area (Å²) in [5.74, 6) is 0.224. The van der Waals surface area contributed by atoms with Gasteiger partial charge < -0.3 is 11.1 Å². The van der Waals surface area contributed by atoms with Crippen molar-refractivity contribution in [3.63, 3.8) is 0 Å². The largest absolute Gasteiger partial charge is 0.398 e. The van der Waals surface area contributed by atoms with E-state index in [1.54, 1.807) is 12.3 Å². The summed E-state index contributed by atoms with van der Waals surface area (Å²) in [6.07, 6.45) is 3.02. The van der Waals surface area contributed by atoms with E-state index in [2.05, 4.69) is 24.1 Å². The van der Waals surface area contributed by atoms with Gasteiger partial charge >= 0.3 is 0 Å². The van der Waals surface area contributed by atoms with E-state index in [9.17, 15) is 4.79 Å². The third-order valence-electron chi connectivity index (χ3n) is 2.93. The fourth-order valence-electron chi connectivity index (χ4n) is 1.74. The standard InChI is InChI=1S/C15H17N3O/c1-10(2)11-3-5-12(6-4-11)18-15(19)13-9-17-8-7-14(13)16/h3-10H,1-2H3,(H2,16,17)(H,18,19). The molecule has 0 saturated heterocycles. The molecule has 0 aliphatic carbocycles. The minimum atomic E-state index is -0.247. The molecule has 3 N–H and O–H groups in total. The van der Waals surface area contributed by atoms with Crippen LogP contribution in [0.4, 0.5) is 11.4 Å². The summed E-state index contributed by atoms with van der Waals surface area (Å²) in [5.41, 5.74) is 8.53. The van der Waals surface area contributed by atoms with Crippen LogP contribution in [0.2, 0.25) is 0 Å². The van der Waals surface area contributed by atoms with Gasteiger partial charge in [-0.3, -0.25) is 9.78 Å². The number of hydrogen-bond acceptors (Lipinski definition) is 3. The number of amides is 1. The average Bonchev–Trinajstić information content (AvgIpc) is 2.39. The normalized spacial score (nSPS) is 10.5. The second-order valence-electron chi connectivity index (χ2n) is 4.69. The van der Waals surface area contributed by atoms with Gasteiger partial charge in [0.25, 0.3) is 5.91 Å². The minimum Gasteiger partial charge on any atom is -0.398 e. The number of rotatable bonds is 3. The van der Waals surface area contributed by atoms with E-state index in [0.717, 1.165) is 5.69 Å². The number of carbonyl (C=O) groups excluding carboxylic acids is 1. The van der Waals surface area contributed by atoms with Gasteiger partial charge in [-0.2, -0.15) is 0 Å². The van der Waals surface area contributed by atoms with Crippen molar-refractivity contribution in [1.82, 2.24) is 4.98 Å². The highest BCUT2D eigenvalue weighted by molar-refractivity contribution is 6.07. The van der Waals surface area contributed by atoms with Crippen molar-refractivity contribution in [3.05, 3.63) is 53.9 Å². The molecule has 0 atom stereocenters. The van der Waals surface area contributed by atoms with E-state index >= 15 is 0 Å². The topological polar surface area (TPSA) is 68.0 Å². The number of anilines is 2. The van der Waals surface area contributed by atoms with Gasteiger partial charge in [-0.15, -0.1) is 0 Å². The van der Waals surface area contributed by atoms with Crippen LogP contribution in [-0.4, -0.2) is 10.9 Å². The number of benzene rings is 1. The molecule has 0 fully saturated rings. The molecule has 0 aliphatic rings. The van der Waals surface area contributed by atoms with E-state index in [-0.39, 0.29) is 5.91 Å². The number of carbonyl (C=O) groups is 1. The van der Waals surface area contributed by atoms with Crippen molar-refractivity contribution in [2.24, 2.45) is 0 Å². The molecule has 0 unspecified atom stereocenters. The Kier molecular flexibility index (Phi) is 3.80. The van der Waals surface area contributed by atoms with Gasteiger partial charge in [0, 0.05) is 23.8 Å². The Labute approximate surface area is 112 Å². The van der Waals surface area contributed by atoms with Crippen LogP contribution >= 0.6 is 0 Å². The molecule has 98 valence electrons. The Bertz CT molecular complexity index is 576. The van der Waals surface area contributed by atoms with E-state index in [4.69, 9.17) is 5.73 Å². The highest BCUT2D eigenvalue weighted by Crippen LogP contribution is 2.18. The molecule has 4 heteroatoms. The van der Waals surface area contributed by atoms with Crippen LogP contribution in [0.1, 0.15) is 35.7 Å². The highest BCUT2D eigenvalue weighted by atomic mass is 16.1. The first-order valence-corrected chi connectivity index (χ1v) is 6.18. The number of nitrogens with one attached hydrogen (secondary N) is 1. The van der Waals surface area contributed by atoms with Crippen LogP contribution in [0.25, 0.3) is 0 Å². The molecular weight excluding hydrogens is 238 g/mol. The molecule has 19 heavy (non-hydrogen) atoms. The number of hydrogen-bond donors (Lipinski definition) is 2. The molecule has 2 aromatic rings. The van der Waals surface area contributed by atoms with Crippen LogP contribution < -0.4 is 11.1 Å². The van der Waals surface area contributed by atoms with Gasteiger partial charge in [0.15, 0.2) is 0 Å². The third kappa shape index (κ3) is 3.10. The molecule has 0 spiro atoms. The maximum atomic E-state index is 12.0. The van der Waals surface area contributed by atoms with Crippen LogP contribution in [0, 0.1) is 0 Å². The molecule has 1 aromatic heterocycles. The number of aromatic nitrogens is 1. The zero-order chi connectivity index (χ0) is 13.8. The van der Waals surface area contributed by atoms with Gasteiger partial charge in [0.1, 0.15) is 0 Å². The lowest BCUT2D eigenvalue weighted by Gasteiger charge is -2.09. The first-order chi connectivity index (χ1) is 9.08. The minimum absolute atomic E-state index is 0.247. The molecule has 1 aromatic carbocycles. The second kappa shape index (κ2) is 5.52. The number of nitrogens with zero attached hydrogens (tertiary/aromatic N) is 1. The van der Waals surface area contributed by atoms with Crippen LogP contribution in [0.3, 0.4) is 0 Å². The second-order valence-corrected chi connectivity index (χ2v) is 4.69. The molecule has 2 rings (SSSR count). The monoisotopic (exact) mass is 255 g/mol. The number of pyridine rings is 1. The van der Waals surface area contributed by atoms with Gasteiger partial charge in [-0.1, -0.05) is 26.0 Å². The van der Waals surface area contributed by atoms with Crippen molar-refractivity contribution in [2.75, 3.05) is 11.1 Å². The van der Waals surface area contributed by atoms with Crippen molar-refractivity contribution >= 4 is 17.3 Å². The Morgan fingerprint density at radius 1 is 1.21 bits per heavy atom. The maximum Gasteiger partial charge on any atom is 0.259 e. The summed E-state index contributed by atoms with van der Waals surface area (Å²) in [5, 5.41) is 2.81. The summed E-state index contributed by atoms with van der Waals surface area (Å²) >= 11 is 0. The van der Waals surface area contributed by atoms with Gasteiger partial charge in [0.2, 0.25) is 0 Å². The molecule has 1 amide bonds.